The second-order valence-corrected chi connectivity index (χ2v) is 6.23. The van der Waals surface area contributed by atoms with Crippen LogP contribution in [0.3, 0.4) is 0 Å². The molecule has 0 amide bonds. The smallest absolute Gasteiger partial charge is 0.186 e. The number of aromatic nitrogens is 1. The molecule has 2 aromatic rings. The first-order chi connectivity index (χ1) is 11.0. The van der Waals surface area contributed by atoms with E-state index in [0.717, 1.165) is 41.0 Å². The summed E-state index contributed by atoms with van der Waals surface area (Å²) in [6.07, 6.45) is 4.25. The van der Waals surface area contributed by atoms with E-state index in [0.29, 0.717) is 5.15 Å². The third-order valence-corrected chi connectivity index (χ3v) is 4.50. The average molecular weight is 354 g/mol. The van der Waals surface area contributed by atoms with Crippen molar-refractivity contribution in [2.75, 3.05) is 14.2 Å². The lowest BCUT2D eigenvalue weighted by Crippen LogP contribution is -2.06. The molecule has 1 aromatic heterocycles. The van der Waals surface area contributed by atoms with Crippen molar-refractivity contribution in [3.63, 3.8) is 0 Å². The highest BCUT2D eigenvalue weighted by molar-refractivity contribution is 6.31. The van der Waals surface area contributed by atoms with Crippen LogP contribution in [-0.4, -0.2) is 19.2 Å². The van der Waals surface area contributed by atoms with Crippen molar-refractivity contribution in [1.82, 2.24) is 4.98 Å². The van der Waals surface area contributed by atoms with Gasteiger partial charge < -0.3 is 9.47 Å². The van der Waals surface area contributed by atoms with Crippen molar-refractivity contribution in [1.29, 1.82) is 0 Å². The molecule has 0 unspecified atom stereocenters. The molecule has 0 saturated carbocycles. The van der Waals surface area contributed by atoms with E-state index in [1.54, 1.807) is 20.4 Å². The zero-order valence-corrected chi connectivity index (χ0v) is 15.1. The lowest BCUT2D eigenvalue weighted by atomic mass is 10.0. The van der Waals surface area contributed by atoms with E-state index in [4.69, 9.17) is 32.7 Å². The van der Waals surface area contributed by atoms with Gasteiger partial charge in [0.1, 0.15) is 5.15 Å². The van der Waals surface area contributed by atoms with Gasteiger partial charge >= 0.3 is 0 Å². The Balaban J connectivity index is 2.00. The number of aryl methyl sites for hydroxylation is 3. The molecular weight excluding hydrogens is 333 g/mol. The number of nitrogens with zero attached hydrogens (tertiary/aromatic N) is 1. The summed E-state index contributed by atoms with van der Waals surface area (Å²) in [5, 5.41) is 1.22. The molecule has 0 aliphatic heterocycles. The van der Waals surface area contributed by atoms with Crippen LogP contribution < -0.4 is 0 Å². The first-order valence-electron chi connectivity index (χ1n) is 7.50. The minimum atomic E-state index is -0.492. The van der Waals surface area contributed by atoms with Crippen LogP contribution in [0.25, 0.3) is 0 Å². The van der Waals surface area contributed by atoms with Crippen LogP contribution >= 0.6 is 23.2 Å². The number of ether oxygens (including phenoxy) is 2. The largest absolute Gasteiger partial charge is 0.352 e. The van der Waals surface area contributed by atoms with Gasteiger partial charge in [-0.1, -0.05) is 35.3 Å². The minimum Gasteiger partial charge on any atom is -0.352 e. The average Bonchev–Trinajstić information content (AvgIpc) is 2.54. The van der Waals surface area contributed by atoms with Crippen molar-refractivity contribution < 1.29 is 9.47 Å². The van der Waals surface area contributed by atoms with Crippen molar-refractivity contribution in [2.45, 2.75) is 32.5 Å². The molecule has 0 N–H and O–H groups in total. The fourth-order valence-corrected chi connectivity index (χ4v) is 2.83. The summed E-state index contributed by atoms with van der Waals surface area (Å²) in [5.41, 5.74) is 4.29. The van der Waals surface area contributed by atoms with Gasteiger partial charge in [0.05, 0.1) is 0 Å². The minimum absolute atomic E-state index is 0.413. The van der Waals surface area contributed by atoms with E-state index in [-0.39, 0.29) is 0 Å². The number of methoxy groups -OCH3 is 2. The van der Waals surface area contributed by atoms with Crippen molar-refractivity contribution in [2.24, 2.45) is 0 Å². The van der Waals surface area contributed by atoms with Crippen molar-refractivity contribution in [3.8, 4) is 0 Å². The van der Waals surface area contributed by atoms with E-state index < -0.39 is 6.29 Å². The van der Waals surface area contributed by atoms with E-state index in [2.05, 4.69) is 17.1 Å². The molecule has 0 bridgehead atoms. The maximum Gasteiger partial charge on any atom is 0.186 e. The van der Waals surface area contributed by atoms with Crippen LogP contribution in [-0.2, 0) is 22.3 Å². The highest BCUT2D eigenvalue weighted by atomic mass is 35.5. The van der Waals surface area contributed by atoms with Gasteiger partial charge in [0.2, 0.25) is 0 Å². The number of pyridine rings is 1. The summed E-state index contributed by atoms with van der Waals surface area (Å²) in [5.74, 6) is 0. The maximum atomic E-state index is 6.13. The van der Waals surface area contributed by atoms with Crippen LogP contribution in [0.1, 0.15) is 35.0 Å². The number of rotatable bonds is 7. The van der Waals surface area contributed by atoms with Crippen LogP contribution in [0, 0.1) is 6.92 Å². The number of hydrogen-bond acceptors (Lipinski definition) is 3. The lowest BCUT2D eigenvalue weighted by Gasteiger charge is -2.15. The second kappa shape index (κ2) is 8.65. The molecule has 1 heterocycles. The van der Waals surface area contributed by atoms with E-state index in [1.807, 2.05) is 19.1 Å². The molecule has 1 aromatic carbocycles. The molecule has 0 atom stereocenters. The van der Waals surface area contributed by atoms with Crippen molar-refractivity contribution in [3.05, 3.63) is 62.9 Å². The van der Waals surface area contributed by atoms with Gasteiger partial charge in [-0.3, -0.25) is 0 Å². The van der Waals surface area contributed by atoms with Gasteiger partial charge in [0.15, 0.2) is 6.29 Å². The molecule has 0 radical (unpaired) electrons. The Hall–Kier alpha value is -1.13. The molecule has 3 nitrogen and oxygen atoms in total. The van der Waals surface area contributed by atoms with Crippen LogP contribution in [0.5, 0.6) is 0 Å². The Kier molecular flexibility index (Phi) is 6.85. The molecule has 124 valence electrons. The van der Waals surface area contributed by atoms with E-state index >= 15 is 0 Å². The van der Waals surface area contributed by atoms with Crippen molar-refractivity contribution >= 4 is 23.2 Å². The fourth-order valence-electron chi connectivity index (χ4n) is 2.52. The van der Waals surface area contributed by atoms with Gasteiger partial charge in [-0.2, -0.15) is 0 Å². The first kappa shape index (κ1) is 18.2. The molecular formula is C18H21Cl2NO2. The highest BCUT2D eigenvalue weighted by Gasteiger charge is 2.14. The first-order valence-corrected chi connectivity index (χ1v) is 8.25. The Bertz CT molecular complexity index is 657. The Labute approximate surface area is 147 Å². The van der Waals surface area contributed by atoms with Crippen LogP contribution in [0.4, 0.5) is 0 Å². The number of benzene rings is 1. The second-order valence-electron chi connectivity index (χ2n) is 5.46. The zero-order valence-electron chi connectivity index (χ0n) is 13.6. The third-order valence-electron chi connectivity index (χ3n) is 3.76. The van der Waals surface area contributed by atoms with E-state index in [1.165, 1.54) is 5.56 Å². The SMILES string of the molecule is COC(OC)c1cc(CCCc2ccc(Cl)c(C)c2)cnc1Cl. The summed E-state index contributed by atoms with van der Waals surface area (Å²) >= 11 is 12.2. The molecule has 0 spiro atoms. The number of hydrogen-bond donors (Lipinski definition) is 0. The molecule has 0 aliphatic carbocycles. The molecule has 0 fully saturated rings. The summed E-state index contributed by atoms with van der Waals surface area (Å²) < 4.78 is 10.5. The number of halogens is 2. The Morgan fingerprint density at radius 1 is 1.04 bits per heavy atom. The predicted molar refractivity (Wildman–Crippen MR) is 94.2 cm³/mol. The predicted octanol–water partition coefficient (Wildman–Crippen LogP) is 5.16. The summed E-state index contributed by atoms with van der Waals surface area (Å²) in [7, 11) is 3.17. The van der Waals surface area contributed by atoms with Gasteiger partial charge in [-0.05, 0) is 55.0 Å². The third kappa shape index (κ3) is 4.92. The fraction of sp³-hybridized carbons (Fsp3) is 0.389. The Morgan fingerprint density at radius 2 is 1.74 bits per heavy atom. The molecule has 0 saturated heterocycles. The van der Waals surface area contributed by atoms with Gasteiger partial charge in [0, 0.05) is 31.0 Å². The summed E-state index contributed by atoms with van der Waals surface area (Å²) in [6, 6.07) is 8.17. The zero-order chi connectivity index (χ0) is 16.8. The highest BCUT2D eigenvalue weighted by Crippen LogP contribution is 2.25. The molecule has 5 heteroatoms. The topological polar surface area (TPSA) is 31.4 Å². The van der Waals surface area contributed by atoms with Gasteiger partial charge in [-0.25, -0.2) is 4.98 Å². The molecule has 2 rings (SSSR count). The van der Waals surface area contributed by atoms with Gasteiger partial charge in [0.25, 0.3) is 0 Å². The maximum absolute atomic E-state index is 6.13. The van der Waals surface area contributed by atoms with Crippen LogP contribution in [0.2, 0.25) is 10.2 Å². The van der Waals surface area contributed by atoms with Crippen LogP contribution in [0.15, 0.2) is 30.5 Å². The Morgan fingerprint density at radius 3 is 2.39 bits per heavy atom. The normalized spacial score (nSPS) is 11.2. The lowest BCUT2D eigenvalue weighted by molar-refractivity contribution is -0.106. The van der Waals surface area contributed by atoms with E-state index in [9.17, 15) is 0 Å². The van der Waals surface area contributed by atoms with Gasteiger partial charge in [-0.15, -0.1) is 0 Å². The molecule has 0 aliphatic rings. The monoisotopic (exact) mass is 353 g/mol. The summed E-state index contributed by atoms with van der Waals surface area (Å²) in [6.45, 7) is 2.02. The standard InChI is InChI=1S/C18H21Cl2NO2/c1-12-9-13(7-8-16(12)19)5-4-6-14-10-15(17(20)21-11-14)18(22-2)23-3/h7-11,18H,4-6H2,1-3H3. The quantitative estimate of drug-likeness (QED) is 0.508. The summed E-state index contributed by atoms with van der Waals surface area (Å²) in [4.78, 5) is 4.24. The molecule has 23 heavy (non-hydrogen) atoms.